The highest BCUT2D eigenvalue weighted by Crippen LogP contribution is 2.28. The van der Waals surface area contributed by atoms with Crippen molar-refractivity contribution in [2.45, 2.75) is 12.8 Å². The molecule has 1 N–H and O–H groups in total. The van der Waals surface area contributed by atoms with Gasteiger partial charge in [-0.3, -0.25) is 9.48 Å². The van der Waals surface area contributed by atoms with Gasteiger partial charge in [0.1, 0.15) is 0 Å². The van der Waals surface area contributed by atoms with E-state index in [2.05, 4.69) is 17.4 Å². The van der Waals surface area contributed by atoms with Gasteiger partial charge in [0.05, 0.1) is 24.8 Å². The van der Waals surface area contributed by atoms with Gasteiger partial charge in [0, 0.05) is 56.5 Å². The number of nitrogens with one attached hydrogen (secondary N) is 1. The van der Waals surface area contributed by atoms with Crippen LogP contribution in [0.5, 0.6) is 0 Å². The van der Waals surface area contributed by atoms with Gasteiger partial charge in [0.15, 0.2) is 0 Å². The van der Waals surface area contributed by atoms with E-state index >= 15 is 0 Å². The quantitative estimate of drug-likeness (QED) is 0.882. The topological polar surface area (TPSA) is 59.4 Å². The summed E-state index contributed by atoms with van der Waals surface area (Å²) in [5.74, 6) is 0.131. The highest BCUT2D eigenvalue weighted by molar-refractivity contribution is 5.79. The average molecular weight is 354 g/mol. The molecule has 1 unspecified atom stereocenters. The highest BCUT2D eigenvalue weighted by Gasteiger charge is 2.29. The number of fused-ring (bicyclic) bond motifs is 1. The van der Waals surface area contributed by atoms with Gasteiger partial charge < -0.3 is 15.0 Å². The van der Waals surface area contributed by atoms with E-state index in [-0.39, 0.29) is 11.8 Å². The first-order valence-electron chi connectivity index (χ1n) is 9.41. The number of rotatable bonds is 2. The van der Waals surface area contributed by atoms with Crippen molar-refractivity contribution >= 4 is 5.91 Å². The Labute approximate surface area is 154 Å². The number of ether oxygens (including phenoxy) is 1. The van der Waals surface area contributed by atoms with Crippen LogP contribution in [0.3, 0.4) is 0 Å². The average Bonchev–Trinajstić information content (AvgIpc) is 2.91. The molecule has 1 atom stereocenters. The van der Waals surface area contributed by atoms with Gasteiger partial charge in [0.25, 0.3) is 0 Å². The summed E-state index contributed by atoms with van der Waals surface area (Å²) in [4.78, 5) is 15.0. The van der Waals surface area contributed by atoms with Gasteiger partial charge in [-0.25, -0.2) is 0 Å². The maximum atomic E-state index is 13.0. The Morgan fingerprint density at radius 3 is 2.88 bits per heavy atom. The Kier molecular flexibility index (Phi) is 5.04. The fourth-order valence-corrected chi connectivity index (χ4v) is 3.95. The first-order valence-corrected chi connectivity index (χ1v) is 9.41. The molecule has 1 aromatic heterocycles. The molecule has 0 saturated carbocycles. The summed E-state index contributed by atoms with van der Waals surface area (Å²) >= 11 is 0. The second-order valence-corrected chi connectivity index (χ2v) is 7.06. The van der Waals surface area contributed by atoms with Crippen LogP contribution in [0.2, 0.25) is 0 Å². The van der Waals surface area contributed by atoms with Crippen molar-refractivity contribution in [2.75, 3.05) is 39.4 Å². The lowest BCUT2D eigenvalue weighted by Crippen LogP contribution is -2.42. The Morgan fingerprint density at radius 1 is 1.23 bits per heavy atom. The molecule has 1 saturated heterocycles. The number of carbonyl (C=O) groups is 1. The van der Waals surface area contributed by atoms with E-state index < -0.39 is 0 Å². The predicted octanol–water partition coefficient (Wildman–Crippen LogP) is 1.25. The number of aromatic nitrogens is 2. The van der Waals surface area contributed by atoms with Crippen LogP contribution in [0, 0.1) is 5.92 Å². The third-order valence-corrected chi connectivity index (χ3v) is 5.37. The molecule has 2 aliphatic heterocycles. The minimum absolute atomic E-state index is 0.0783. The monoisotopic (exact) mass is 354 g/mol. The number of aryl methyl sites for hydroxylation is 1. The second kappa shape index (κ2) is 7.60. The van der Waals surface area contributed by atoms with Crippen molar-refractivity contribution in [3.63, 3.8) is 0 Å². The fourth-order valence-electron chi connectivity index (χ4n) is 3.95. The molecule has 1 amide bonds. The number of hydrogen-bond donors (Lipinski definition) is 1. The largest absolute Gasteiger partial charge is 0.379 e. The molecule has 1 aromatic carbocycles. The summed E-state index contributed by atoms with van der Waals surface area (Å²) in [6, 6.07) is 10.3. The zero-order valence-corrected chi connectivity index (χ0v) is 15.3. The number of benzene rings is 1. The lowest BCUT2D eigenvalue weighted by atomic mass is 10.0. The van der Waals surface area contributed by atoms with Crippen molar-refractivity contribution in [3.05, 3.63) is 41.6 Å². The first kappa shape index (κ1) is 17.2. The van der Waals surface area contributed by atoms with Crippen LogP contribution in [0.4, 0.5) is 0 Å². The van der Waals surface area contributed by atoms with Crippen LogP contribution in [0.25, 0.3) is 11.3 Å². The number of hydrogen-bond acceptors (Lipinski definition) is 4. The summed E-state index contributed by atoms with van der Waals surface area (Å²) in [5, 5.41) is 8.06. The van der Waals surface area contributed by atoms with Crippen molar-refractivity contribution in [2.24, 2.45) is 13.0 Å². The summed E-state index contributed by atoms with van der Waals surface area (Å²) in [5.41, 5.74) is 4.72. The van der Waals surface area contributed by atoms with E-state index in [0.717, 1.165) is 43.7 Å². The summed E-state index contributed by atoms with van der Waals surface area (Å²) < 4.78 is 7.56. The molecule has 26 heavy (non-hydrogen) atoms. The molecule has 0 spiro atoms. The molecule has 2 aromatic rings. The second-order valence-electron chi connectivity index (χ2n) is 7.06. The van der Waals surface area contributed by atoms with Crippen molar-refractivity contribution in [1.29, 1.82) is 0 Å². The van der Waals surface area contributed by atoms with E-state index in [1.165, 1.54) is 11.3 Å². The minimum atomic E-state index is -0.0783. The van der Waals surface area contributed by atoms with Crippen LogP contribution < -0.4 is 5.32 Å². The zero-order chi connectivity index (χ0) is 17.9. The maximum absolute atomic E-state index is 13.0. The van der Waals surface area contributed by atoms with Gasteiger partial charge in [-0.2, -0.15) is 5.10 Å². The molecule has 4 rings (SSSR count). The van der Waals surface area contributed by atoms with Crippen LogP contribution in [-0.4, -0.2) is 60.0 Å². The molecule has 6 nitrogen and oxygen atoms in total. The molecule has 3 heterocycles. The number of nitrogens with zero attached hydrogens (tertiary/aromatic N) is 3. The van der Waals surface area contributed by atoms with Gasteiger partial charge >= 0.3 is 0 Å². The van der Waals surface area contributed by atoms with E-state index in [1.54, 1.807) is 0 Å². The lowest BCUT2D eigenvalue weighted by molar-refractivity contribution is -0.136. The predicted molar refractivity (Wildman–Crippen MR) is 99.8 cm³/mol. The van der Waals surface area contributed by atoms with E-state index in [4.69, 9.17) is 9.84 Å². The summed E-state index contributed by atoms with van der Waals surface area (Å²) in [6.07, 6.45) is 1.69. The Bertz CT molecular complexity index is 764. The standard InChI is InChI=1S/C20H26N4O2/c1-23-18-8-11-24(20(25)16-13-21-9-12-26-14-16)10-7-17(18)19(22-23)15-5-3-2-4-6-15/h2-6,16,21H,7-14H2,1H3. The van der Waals surface area contributed by atoms with Gasteiger partial charge in [0.2, 0.25) is 5.91 Å². The highest BCUT2D eigenvalue weighted by atomic mass is 16.5. The Hall–Kier alpha value is -2.18. The van der Waals surface area contributed by atoms with Crippen molar-refractivity contribution in [1.82, 2.24) is 20.0 Å². The SMILES string of the molecule is Cn1nc(-c2ccccc2)c2c1CCN(C(=O)C1CNCCOC1)CC2. The Morgan fingerprint density at radius 2 is 2.04 bits per heavy atom. The third kappa shape index (κ3) is 3.39. The van der Waals surface area contributed by atoms with Gasteiger partial charge in [-0.05, 0) is 6.42 Å². The molecule has 0 bridgehead atoms. The van der Waals surface area contributed by atoms with E-state index in [1.807, 2.05) is 34.8 Å². The Balaban J connectivity index is 1.53. The van der Waals surface area contributed by atoms with E-state index in [9.17, 15) is 4.79 Å². The van der Waals surface area contributed by atoms with Crippen molar-refractivity contribution < 1.29 is 9.53 Å². The van der Waals surface area contributed by atoms with Gasteiger partial charge in [-0.1, -0.05) is 30.3 Å². The number of carbonyl (C=O) groups excluding carboxylic acids is 1. The van der Waals surface area contributed by atoms with Crippen LogP contribution >= 0.6 is 0 Å². The summed E-state index contributed by atoms with van der Waals surface area (Å²) in [6.45, 7) is 4.22. The molecular formula is C20H26N4O2. The minimum Gasteiger partial charge on any atom is -0.379 e. The van der Waals surface area contributed by atoms with Crippen LogP contribution in [-0.2, 0) is 29.4 Å². The van der Waals surface area contributed by atoms with Crippen LogP contribution in [0.15, 0.2) is 30.3 Å². The number of amides is 1. The normalized spacial score (nSPS) is 21.0. The molecular weight excluding hydrogens is 328 g/mol. The maximum Gasteiger partial charge on any atom is 0.229 e. The lowest BCUT2D eigenvalue weighted by Gasteiger charge is -2.25. The molecule has 0 aliphatic carbocycles. The molecule has 1 fully saturated rings. The molecule has 0 radical (unpaired) electrons. The van der Waals surface area contributed by atoms with E-state index in [0.29, 0.717) is 19.8 Å². The molecule has 2 aliphatic rings. The zero-order valence-electron chi connectivity index (χ0n) is 15.3. The van der Waals surface area contributed by atoms with Gasteiger partial charge in [-0.15, -0.1) is 0 Å². The third-order valence-electron chi connectivity index (χ3n) is 5.37. The van der Waals surface area contributed by atoms with Crippen LogP contribution in [0.1, 0.15) is 11.3 Å². The van der Waals surface area contributed by atoms with Crippen molar-refractivity contribution in [3.8, 4) is 11.3 Å². The smallest absolute Gasteiger partial charge is 0.229 e. The molecule has 138 valence electrons. The fraction of sp³-hybridized carbons (Fsp3) is 0.500. The molecule has 6 heteroatoms. The summed E-state index contributed by atoms with van der Waals surface area (Å²) in [7, 11) is 2.01. The first-order chi connectivity index (χ1) is 12.7.